The van der Waals surface area contributed by atoms with Gasteiger partial charge in [0.1, 0.15) is 0 Å². The van der Waals surface area contributed by atoms with Gasteiger partial charge in [0.15, 0.2) is 0 Å². The van der Waals surface area contributed by atoms with Crippen molar-refractivity contribution in [3.8, 4) is 0 Å². The molecule has 2 heteroatoms. The van der Waals surface area contributed by atoms with E-state index in [0.717, 1.165) is 13.1 Å². The zero-order valence-electron chi connectivity index (χ0n) is 11.6. The topological polar surface area (TPSA) is 12.0 Å². The maximum Gasteiger partial charge on any atom is 0.0216 e. The molecule has 1 aromatic rings. The number of aryl methyl sites for hydroxylation is 1. The first-order chi connectivity index (χ1) is 8.29. The standard InChI is InChI=1S/C15H27NS/c1-4-6-7-8-9-15-13(3)14(12-17-15)11-16-10-5-2/h12,16H,4-11H2,1-3H3. The first kappa shape index (κ1) is 14.7. The zero-order chi connectivity index (χ0) is 12.5. The molecular formula is C15H27NS. The van der Waals surface area contributed by atoms with Crippen LogP contribution in [0.5, 0.6) is 0 Å². The van der Waals surface area contributed by atoms with Crippen LogP contribution >= 0.6 is 11.3 Å². The summed E-state index contributed by atoms with van der Waals surface area (Å²) in [5.41, 5.74) is 3.05. The number of thiophene rings is 1. The van der Waals surface area contributed by atoms with Gasteiger partial charge in [-0.05, 0) is 49.2 Å². The van der Waals surface area contributed by atoms with Crippen LogP contribution in [0.25, 0.3) is 0 Å². The van der Waals surface area contributed by atoms with Gasteiger partial charge in [-0.1, -0.05) is 33.1 Å². The van der Waals surface area contributed by atoms with Gasteiger partial charge in [0.2, 0.25) is 0 Å². The molecule has 0 bridgehead atoms. The maximum absolute atomic E-state index is 3.49. The average Bonchev–Trinajstić information content (AvgIpc) is 2.67. The van der Waals surface area contributed by atoms with Gasteiger partial charge < -0.3 is 5.32 Å². The Labute approximate surface area is 111 Å². The molecule has 0 atom stereocenters. The van der Waals surface area contributed by atoms with Crippen molar-refractivity contribution < 1.29 is 0 Å². The van der Waals surface area contributed by atoms with Crippen molar-refractivity contribution in [2.75, 3.05) is 6.54 Å². The summed E-state index contributed by atoms with van der Waals surface area (Å²) in [4.78, 5) is 1.61. The van der Waals surface area contributed by atoms with E-state index >= 15 is 0 Å². The molecule has 0 radical (unpaired) electrons. The van der Waals surface area contributed by atoms with Gasteiger partial charge in [0, 0.05) is 11.4 Å². The summed E-state index contributed by atoms with van der Waals surface area (Å²) in [5, 5.41) is 5.83. The summed E-state index contributed by atoms with van der Waals surface area (Å²) in [6.45, 7) is 8.95. The highest BCUT2D eigenvalue weighted by Gasteiger charge is 2.06. The fourth-order valence-electron chi connectivity index (χ4n) is 2.03. The molecule has 0 saturated carbocycles. The predicted molar refractivity (Wildman–Crippen MR) is 78.9 cm³/mol. The van der Waals surface area contributed by atoms with Crippen LogP contribution in [-0.2, 0) is 13.0 Å². The van der Waals surface area contributed by atoms with Crippen molar-refractivity contribution in [2.45, 2.75) is 65.8 Å². The lowest BCUT2D eigenvalue weighted by atomic mass is 10.1. The second-order valence-corrected chi connectivity index (χ2v) is 5.76. The average molecular weight is 253 g/mol. The van der Waals surface area contributed by atoms with Gasteiger partial charge in [-0.3, -0.25) is 0 Å². The van der Waals surface area contributed by atoms with Gasteiger partial charge >= 0.3 is 0 Å². The molecule has 0 aliphatic carbocycles. The molecule has 0 aliphatic heterocycles. The van der Waals surface area contributed by atoms with E-state index in [1.807, 2.05) is 11.3 Å². The molecule has 0 saturated heterocycles. The Morgan fingerprint density at radius 1 is 1.12 bits per heavy atom. The Kier molecular flexibility index (Phi) is 7.54. The van der Waals surface area contributed by atoms with E-state index in [2.05, 4.69) is 31.5 Å². The van der Waals surface area contributed by atoms with Crippen molar-refractivity contribution in [3.63, 3.8) is 0 Å². The molecule has 17 heavy (non-hydrogen) atoms. The van der Waals surface area contributed by atoms with Crippen LogP contribution in [0.15, 0.2) is 5.38 Å². The van der Waals surface area contributed by atoms with Crippen LogP contribution in [0.1, 0.15) is 62.0 Å². The first-order valence-corrected chi connectivity index (χ1v) is 7.94. The third kappa shape index (κ3) is 5.22. The number of hydrogen-bond donors (Lipinski definition) is 1. The molecule has 1 aromatic heterocycles. The van der Waals surface area contributed by atoms with Gasteiger partial charge in [0.05, 0.1) is 0 Å². The third-order valence-electron chi connectivity index (χ3n) is 3.24. The summed E-state index contributed by atoms with van der Waals surface area (Å²) in [6.07, 6.45) is 7.95. The van der Waals surface area contributed by atoms with Gasteiger partial charge in [-0.2, -0.15) is 0 Å². The lowest BCUT2D eigenvalue weighted by molar-refractivity contribution is 0.665. The molecule has 0 amide bonds. The summed E-state index contributed by atoms with van der Waals surface area (Å²) in [5.74, 6) is 0. The van der Waals surface area contributed by atoms with E-state index < -0.39 is 0 Å². The normalized spacial score (nSPS) is 11.0. The van der Waals surface area contributed by atoms with Crippen molar-refractivity contribution >= 4 is 11.3 Å². The van der Waals surface area contributed by atoms with Crippen LogP contribution < -0.4 is 5.32 Å². The van der Waals surface area contributed by atoms with Crippen molar-refractivity contribution in [3.05, 3.63) is 21.4 Å². The second kappa shape index (κ2) is 8.71. The van der Waals surface area contributed by atoms with Crippen molar-refractivity contribution in [1.82, 2.24) is 5.32 Å². The van der Waals surface area contributed by atoms with E-state index in [0.29, 0.717) is 0 Å². The zero-order valence-corrected chi connectivity index (χ0v) is 12.5. The molecule has 1 nitrogen and oxygen atoms in total. The quantitative estimate of drug-likeness (QED) is 0.630. The third-order valence-corrected chi connectivity index (χ3v) is 4.44. The molecule has 98 valence electrons. The smallest absolute Gasteiger partial charge is 0.0216 e. The molecule has 1 N–H and O–H groups in total. The van der Waals surface area contributed by atoms with E-state index in [1.165, 1.54) is 49.7 Å². The molecular weight excluding hydrogens is 226 g/mol. The highest BCUT2D eigenvalue weighted by molar-refractivity contribution is 7.10. The van der Waals surface area contributed by atoms with Crippen LogP contribution in [0.2, 0.25) is 0 Å². The van der Waals surface area contributed by atoms with Gasteiger partial charge in [-0.25, -0.2) is 0 Å². The van der Waals surface area contributed by atoms with E-state index in [4.69, 9.17) is 0 Å². The Bertz CT molecular complexity index is 304. The molecule has 0 fully saturated rings. The maximum atomic E-state index is 3.49. The molecule has 0 aromatic carbocycles. The summed E-state index contributed by atoms with van der Waals surface area (Å²) >= 11 is 1.95. The number of rotatable bonds is 9. The fourth-order valence-corrected chi connectivity index (χ4v) is 3.15. The Morgan fingerprint density at radius 2 is 1.94 bits per heavy atom. The van der Waals surface area contributed by atoms with Gasteiger partial charge in [0.25, 0.3) is 0 Å². The largest absolute Gasteiger partial charge is 0.313 e. The minimum Gasteiger partial charge on any atom is -0.313 e. The summed E-state index contributed by atoms with van der Waals surface area (Å²) < 4.78 is 0. The number of nitrogens with one attached hydrogen (secondary N) is 1. The molecule has 1 rings (SSSR count). The van der Waals surface area contributed by atoms with Crippen molar-refractivity contribution in [1.29, 1.82) is 0 Å². The van der Waals surface area contributed by atoms with Crippen LogP contribution in [0, 0.1) is 6.92 Å². The van der Waals surface area contributed by atoms with E-state index in [1.54, 1.807) is 4.88 Å². The van der Waals surface area contributed by atoms with E-state index in [9.17, 15) is 0 Å². The van der Waals surface area contributed by atoms with Crippen LogP contribution in [-0.4, -0.2) is 6.54 Å². The Morgan fingerprint density at radius 3 is 2.65 bits per heavy atom. The number of hydrogen-bond acceptors (Lipinski definition) is 2. The molecule has 0 spiro atoms. The highest BCUT2D eigenvalue weighted by Crippen LogP contribution is 2.23. The lowest BCUT2D eigenvalue weighted by Crippen LogP contribution is -2.13. The van der Waals surface area contributed by atoms with Crippen LogP contribution in [0.3, 0.4) is 0 Å². The van der Waals surface area contributed by atoms with Crippen LogP contribution in [0.4, 0.5) is 0 Å². The molecule has 0 unspecified atom stereocenters. The highest BCUT2D eigenvalue weighted by atomic mass is 32.1. The Balaban J connectivity index is 2.35. The second-order valence-electron chi connectivity index (χ2n) is 4.80. The minimum absolute atomic E-state index is 1.05. The van der Waals surface area contributed by atoms with Gasteiger partial charge in [-0.15, -0.1) is 11.3 Å². The predicted octanol–water partition coefficient (Wildman–Crippen LogP) is 4.68. The first-order valence-electron chi connectivity index (χ1n) is 7.06. The Hall–Kier alpha value is -0.340. The minimum atomic E-state index is 1.05. The molecule has 1 heterocycles. The summed E-state index contributed by atoms with van der Waals surface area (Å²) in [7, 11) is 0. The van der Waals surface area contributed by atoms with E-state index in [-0.39, 0.29) is 0 Å². The number of unbranched alkanes of at least 4 members (excludes halogenated alkanes) is 3. The summed E-state index contributed by atoms with van der Waals surface area (Å²) in [6, 6.07) is 0. The molecule has 0 aliphatic rings. The lowest BCUT2D eigenvalue weighted by Gasteiger charge is -2.04. The monoisotopic (exact) mass is 253 g/mol. The fraction of sp³-hybridized carbons (Fsp3) is 0.733. The SMILES string of the molecule is CCCCCCc1scc(CNCCC)c1C. The van der Waals surface area contributed by atoms with Crippen molar-refractivity contribution in [2.24, 2.45) is 0 Å².